The van der Waals surface area contributed by atoms with E-state index in [0.29, 0.717) is 6.54 Å². The number of benzene rings is 1. The highest BCUT2D eigenvalue weighted by atomic mass is 16.2. The van der Waals surface area contributed by atoms with Crippen molar-refractivity contribution in [2.75, 3.05) is 20.1 Å². The van der Waals surface area contributed by atoms with Gasteiger partial charge in [0.1, 0.15) is 0 Å². The van der Waals surface area contributed by atoms with Crippen molar-refractivity contribution >= 4 is 6.03 Å². The van der Waals surface area contributed by atoms with Crippen LogP contribution in [0.15, 0.2) is 18.2 Å². The third-order valence-corrected chi connectivity index (χ3v) is 3.86. The number of carbonyl (C=O) groups is 1. The van der Waals surface area contributed by atoms with Crippen LogP contribution in [-0.2, 0) is 0 Å². The fourth-order valence-corrected chi connectivity index (χ4v) is 2.57. The highest BCUT2D eigenvalue weighted by molar-refractivity contribution is 5.77. The molecule has 1 aliphatic rings. The van der Waals surface area contributed by atoms with Crippen molar-refractivity contribution in [3.63, 3.8) is 0 Å². The quantitative estimate of drug-likeness (QED) is 0.905. The number of rotatable bonds is 3. The van der Waals surface area contributed by atoms with Gasteiger partial charge in [-0.05, 0) is 37.5 Å². The lowest BCUT2D eigenvalue weighted by Crippen LogP contribution is -2.38. The lowest BCUT2D eigenvalue weighted by molar-refractivity contribution is 0.194. The summed E-state index contributed by atoms with van der Waals surface area (Å²) in [5.41, 5.74) is 9.54. The summed E-state index contributed by atoms with van der Waals surface area (Å²) in [7, 11) is 1.86. The van der Waals surface area contributed by atoms with E-state index in [0.717, 1.165) is 6.54 Å². The van der Waals surface area contributed by atoms with Gasteiger partial charge in [0.25, 0.3) is 0 Å². The van der Waals surface area contributed by atoms with E-state index in [4.69, 9.17) is 5.73 Å². The normalized spacial score (nSPS) is 21.1. The van der Waals surface area contributed by atoms with Crippen molar-refractivity contribution in [1.82, 2.24) is 9.80 Å². The molecule has 0 aliphatic carbocycles. The first kappa shape index (κ1) is 13.9. The first-order chi connectivity index (χ1) is 8.90. The second-order valence-electron chi connectivity index (χ2n) is 5.64. The molecular weight excluding hydrogens is 238 g/mol. The third kappa shape index (κ3) is 2.73. The predicted octanol–water partition coefficient (Wildman–Crippen LogP) is 2.06. The summed E-state index contributed by atoms with van der Waals surface area (Å²) in [6.07, 6.45) is 0. The number of hydrogen-bond acceptors (Lipinski definition) is 2. The molecule has 2 unspecified atom stereocenters. The highest BCUT2D eigenvalue weighted by Crippen LogP contribution is 2.29. The molecule has 4 nitrogen and oxygen atoms in total. The summed E-state index contributed by atoms with van der Waals surface area (Å²) in [5.74, 6) is 0. The summed E-state index contributed by atoms with van der Waals surface area (Å²) in [5, 5.41) is 0. The predicted molar refractivity (Wildman–Crippen MR) is 77.0 cm³/mol. The molecule has 2 rings (SSSR count). The lowest BCUT2D eigenvalue weighted by atomic mass is 10.0. The molecule has 1 fully saturated rings. The minimum absolute atomic E-state index is 0.0100. The third-order valence-electron chi connectivity index (χ3n) is 3.86. The van der Waals surface area contributed by atoms with Gasteiger partial charge in [0.2, 0.25) is 0 Å². The Balaban J connectivity index is 2.21. The minimum Gasteiger partial charge on any atom is -0.326 e. The number of aryl methyl sites for hydroxylation is 2. The van der Waals surface area contributed by atoms with Gasteiger partial charge in [-0.2, -0.15) is 0 Å². The lowest BCUT2D eigenvalue weighted by Gasteiger charge is -2.19. The van der Waals surface area contributed by atoms with Gasteiger partial charge < -0.3 is 15.5 Å². The molecule has 0 spiro atoms. The van der Waals surface area contributed by atoms with Crippen molar-refractivity contribution in [2.45, 2.75) is 32.9 Å². The van der Waals surface area contributed by atoms with Gasteiger partial charge >= 0.3 is 6.03 Å². The summed E-state index contributed by atoms with van der Waals surface area (Å²) in [4.78, 5) is 15.8. The van der Waals surface area contributed by atoms with Crippen LogP contribution in [0.2, 0.25) is 0 Å². The van der Waals surface area contributed by atoms with Crippen LogP contribution in [-0.4, -0.2) is 42.0 Å². The van der Waals surface area contributed by atoms with E-state index in [1.165, 1.54) is 16.7 Å². The summed E-state index contributed by atoms with van der Waals surface area (Å²) < 4.78 is 0. The average molecular weight is 261 g/mol. The van der Waals surface area contributed by atoms with E-state index in [-0.39, 0.29) is 18.1 Å². The van der Waals surface area contributed by atoms with Crippen molar-refractivity contribution < 1.29 is 4.79 Å². The number of likely N-dealkylation sites (N-methyl/N-ethyl adjacent to an activating group) is 1. The Morgan fingerprint density at radius 1 is 1.37 bits per heavy atom. The topological polar surface area (TPSA) is 49.6 Å². The van der Waals surface area contributed by atoms with Crippen molar-refractivity contribution in [2.24, 2.45) is 5.73 Å². The molecular formula is C15H23N3O. The maximum atomic E-state index is 12.2. The molecule has 0 saturated carbocycles. The standard InChI is InChI=1S/C15H23N3O/c1-10-5-6-13(7-11(10)2)14-9-18(8-12(3)16)15(19)17(14)4/h5-7,12,14H,8-9,16H2,1-4H3. The van der Waals surface area contributed by atoms with Gasteiger partial charge in [0, 0.05) is 26.2 Å². The molecule has 1 heterocycles. The Morgan fingerprint density at radius 2 is 2.05 bits per heavy atom. The van der Waals surface area contributed by atoms with Crippen molar-refractivity contribution in [1.29, 1.82) is 0 Å². The van der Waals surface area contributed by atoms with Gasteiger partial charge in [0.15, 0.2) is 0 Å². The molecule has 104 valence electrons. The number of amides is 2. The minimum atomic E-state index is 0.0100. The zero-order chi connectivity index (χ0) is 14.2. The molecule has 2 atom stereocenters. The van der Waals surface area contributed by atoms with Crippen LogP contribution in [0.1, 0.15) is 29.7 Å². The van der Waals surface area contributed by atoms with Gasteiger partial charge in [-0.25, -0.2) is 4.79 Å². The molecule has 2 amide bonds. The van der Waals surface area contributed by atoms with Crippen molar-refractivity contribution in [3.05, 3.63) is 34.9 Å². The molecule has 1 saturated heterocycles. The van der Waals surface area contributed by atoms with Crippen LogP contribution >= 0.6 is 0 Å². The highest BCUT2D eigenvalue weighted by Gasteiger charge is 2.35. The average Bonchev–Trinajstić information content (AvgIpc) is 2.60. The molecule has 1 aromatic rings. The number of carbonyl (C=O) groups excluding carboxylic acids is 1. The first-order valence-corrected chi connectivity index (χ1v) is 6.74. The second kappa shape index (κ2) is 5.21. The fraction of sp³-hybridized carbons (Fsp3) is 0.533. The summed E-state index contributed by atoms with van der Waals surface area (Å²) in [6.45, 7) is 7.47. The zero-order valence-electron chi connectivity index (χ0n) is 12.2. The van der Waals surface area contributed by atoms with Gasteiger partial charge in [0.05, 0.1) is 6.04 Å². The van der Waals surface area contributed by atoms with Crippen LogP contribution < -0.4 is 5.73 Å². The Kier molecular flexibility index (Phi) is 3.80. The van der Waals surface area contributed by atoms with Gasteiger partial charge in [-0.1, -0.05) is 18.2 Å². The molecule has 0 bridgehead atoms. The van der Waals surface area contributed by atoms with E-state index in [1.54, 1.807) is 0 Å². The van der Waals surface area contributed by atoms with Crippen LogP contribution in [0.3, 0.4) is 0 Å². The van der Waals surface area contributed by atoms with Crippen LogP contribution in [0.4, 0.5) is 4.79 Å². The molecule has 19 heavy (non-hydrogen) atoms. The second-order valence-corrected chi connectivity index (χ2v) is 5.64. The largest absolute Gasteiger partial charge is 0.326 e. The molecule has 1 aliphatic heterocycles. The summed E-state index contributed by atoms with van der Waals surface area (Å²) >= 11 is 0. The van der Waals surface area contributed by atoms with Crippen LogP contribution in [0, 0.1) is 13.8 Å². The maximum absolute atomic E-state index is 12.2. The van der Waals surface area contributed by atoms with E-state index < -0.39 is 0 Å². The van der Waals surface area contributed by atoms with E-state index >= 15 is 0 Å². The van der Waals surface area contributed by atoms with Crippen LogP contribution in [0.5, 0.6) is 0 Å². The van der Waals surface area contributed by atoms with Crippen LogP contribution in [0.25, 0.3) is 0 Å². The maximum Gasteiger partial charge on any atom is 0.320 e. The Hall–Kier alpha value is -1.55. The molecule has 4 heteroatoms. The molecule has 1 aromatic carbocycles. The van der Waals surface area contributed by atoms with Gasteiger partial charge in [-0.3, -0.25) is 0 Å². The van der Waals surface area contributed by atoms with E-state index in [2.05, 4.69) is 32.0 Å². The number of hydrogen-bond donors (Lipinski definition) is 1. The number of urea groups is 1. The molecule has 0 radical (unpaired) electrons. The molecule has 2 N–H and O–H groups in total. The Bertz CT molecular complexity index is 484. The Labute approximate surface area is 115 Å². The zero-order valence-corrected chi connectivity index (χ0v) is 12.2. The summed E-state index contributed by atoms with van der Waals surface area (Å²) in [6, 6.07) is 6.63. The first-order valence-electron chi connectivity index (χ1n) is 6.74. The monoisotopic (exact) mass is 261 g/mol. The van der Waals surface area contributed by atoms with E-state index in [1.807, 2.05) is 23.8 Å². The number of nitrogens with two attached hydrogens (primary N) is 1. The fourth-order valence-electron chi connectivity index (χ4n) is 2.57. The molecule has 0 aromatic heterocycles. The Morgan fingerprint density at radius 3 is 2.63 bits per heavy atom. The van der Waals surface area contributed by atoms with Gasteiger partial charge in [-0.15, -0.1) is 0 Å². The van der Waals surface area contributed by atoms with Crippen molar-refractivity contribution in [3.8, 4) is 0 Å². The smallest absolute Gasteiger partial charge is 0.320 e. The SMILES string of the molecule is Cc1ccc(C2CN(CC(C)N)C(=O)N2C)cc1C. The van der Waals surface area contributed by atoms with E-state index in [9.17, 15) is 4.79 Å². The number of nitrogens with zero attached hydrogens (tertiary/aromatic N) is 2.